The van der Waals surface area contributed by atoms with E-state index in [1.165, 1.54) is 29.1 Å². The van der Waals surface area contributed by atoms with Crippen LogP contribution in [0.4, 0.5) is 10.5 Å². The molecule has 0 aliphatic heterocycles. The molecule has 0 spiro atoms. The van der Waals surface area contributed by atoms with Crippen LogP contribution in [0.3, 0.4) is 0 Å². The normalized spacial score (nSPS) is 16.1. The Morgan fingerprint density at radius 2 is 1.87 bits per heavy atom. The first-order valence-electron chi connectivity index (χ1n) is 10.3. The number of aryl methyl sites for hydroxylation is 1. The molecule has 0 saturated heterocycles. The van der Waals surface area contributed by atoms with Gasteiger partial charge in [0.25, 0.3) is 0 Å². The number of hydrogen-bond donors (Lipinski definition) is 1. The summed E-state index contributed by atoms with van der Waals surface area (Å²) in [5.41, 5.74) is 6.23. The smallest absolute Gasteiger partial charge is 0.412 e. The van der Waals surface area contributed by atoms with Crippen molar-refractivity contribution in [1.82, 2.24) is 4.37 Å². The third-order valence-electron chi connectivity index (χ3n) is 5.49. The van der Waals surface area contributed by atoms with Crippen LogP contribution in [0.2, 0.25) is 0 Å². The number of aromatic nitrogens is 1. The molecule has 1 atom stereocenters. The maximum Gasteiger partial charge on any atom is 0.412 e. The van der Waals surface area contributed by atoms with Crippen molar-refractivity contribution in [1.29, 1.82) is 0 Å². The number of amides is 1. The Morgan fingerprint density at radius 3 is 2.57 bits per heavy atom. The van der Waals surface area contributed by atoms with Crippen molar-refractivity contribution in [3.63, 3.8) is 0 Å². The third kappa shape index (κ3) is 4.79. The Labute approximate surface area is 181 Å². The van der Waals surface area contributed by atoms with Gasteiger partial charge in [0, 0.05) is 0 Å². The minimum absolute atomic E-state index is 0.237. The highest BCUT2D eigenvalue weighted by atomic mass is 32.1. The number of anilines is 1. The van der Waals surface area contributed by atoms with Crippen LogP contribution in [0, 0.1) is 12.8 Å². The zero-order valence-electron chi connectivity index (χ0n) is 17.4. The number of ether oxygens (including phenoxy) is 1. The summed E-state index contributed by atoms with van der Waals surface area (Å²) in [7, 11) is 0. The Bertz CT molecular complexity index is 1040. The maximum atomic E-state index is 12.3. The minimum Gasteiger partial charge on any atom is -0.444 e. The van der Waals surface area contributed by atoms with E-state index in [2.05, 4.69) is 47.0 Å². The average Bonchev–Trinajstić information content (AvgIpc) is 3.14. The van der Waals surface area contributed by atoms with Crippen molar-refractivity contribution in [3.05, 3.63) is 77.5 Å². The van der Waals surface area contributed by atoms with Gasteiger partial charge in [-0.05, 0) is 65.9 Å². The van der Waals surface area contributed by atoms with E-state index in [1.807, 2.05) is 37.3 Å². The summed E-state index contributed by atoms with van der Waals surface area (Å²) < 4.78 is 9.82. The molecule has 0 bridgehead atoms. The first-order chi connectivity index (χ1) is 14.6. The lowest BCUT2D eigenvalue weighted by Gasteiger charge is -2.18. The van der Waals surface area contributed by atoms with Gasteiger partial charge in [0.15, 0.2) is 0 Å². The lowest BCUT2D eigenvalue weighted by molar-refractivity contribution is 0.155. The molecule has 0 unspecified atom stereocenters. The molecule has 4 nitrogen and oxygen atoms in total. The molecule has 0 fully saturated rings. The molecule has 30 heavy (non-hydrogen) atoms. The van der Waals surface area contributed by atoms with Crippen LogP contribution in [0.15, 0.2) is 60.7 Å². The van der Waals surface area contributed by atoms with E-state index in [1.54, 1.807) is 0 Å². The molecule has 0 saturated carbocycles. The van der Waals surface area contributed by atoms with Crippen LogP contribution in [-0.2, 0) is 11.3 Å². The van der Waals surface area contributed by atoms with Crippen LogP contribution in [0.1, 0.15) is 43.0 Å². The summed E-state index contributed by atoms with van der Waals surface area (Å²) in [5.74, 6) is 0.781. The summed E-state index contributed by atoms with van der Waals surface area (Å²) in [6.07, 6.45) is 5.45. The molecule has 1 aliphatic rings. The van der Waals surface area contributed by atoms with Crippen molar-refractivity contribution < 1.29 is 9.53 Å². The second-order valence-corrected chi connectivity index (χ2v) is 8.62. The predicted octanol–water partition coefficient (Wildman–Crippen LogP) is 7.07. The van der Waals surface area contributed by atoms with Gasteiger partial charge in [0.05, 0.1) is 16.3 Å². The molecule has 1 aromatic heterocycles. The molecule has 0 radical (unpaired) electrons. The van der Waals surface area contributed by atoms with Crippen LogP contribution < -0.4 is 5.32 Å². The fourth-order valence-electron chi connectivity index (χ4n) is 3.64. The van der Waals surface area contributed by atoms with Gasteiger partial charge in [-0.2, -0.15) is 4.37 Å². The maximum absolute atomic E-state index is 12.3. The van der Waals surface area contributed by atoms with Gasteiger partial charge >= 0.3 is 6.09 Å². The molecule has 3 aromatic rings. The third-order valence-corrected chi connectivity index (χ3v) is 6.48. The zero-order valence-corrected chi connectivity index (χ0v) is 18.2. The van der Waals surface area contributed by atoms with Crippen molar-refractivity contribution in [2.45, 2.75) is 39.7 Å². The number of benzene rings is 2. The van der Waals surface area contributed by atoms with Gasteiger partial charge in [-0.25, -0.2) is 4.79 Å². The van der Waals surface area contributed by atoms with Crippen LogP contribution >= 0.6 is 11.5 Å². The molecular weight excluding hydrogens is 392 g/mol. The van der Waals surface area contributed by atoms with Crippen LogP contribution in [-0.4, -0.2) is 10.5 Å². The van der Waals surface area contributed by atoms with Crippen LogP contribution in [0.5, 0.6) is 0 Å². The van der Waals surface area contributed by atoms with Crippen molar-refractivity contribution in [2.24, 2.45) is 5.92 Å². The van der Waals surface area contributed by atoms with Crippen LogP contribution in [0.25, 0.3) is 16.0 Å². The average molecular weight is 419 g/mol. The summed E-state index contributed by atoms with van der Waals surface area (Å²) in [6, 6.07) is 18.2. The second-order valence-electron chi connectivity index (χ2n) is 7.85. The highest BCUT2D eigenvalue weighted by molar-refractivity contribution is 7.10. The molecule has 2 aromatic carbocycles. The molecule has 4 rings (SSSR count). The van der Waals surface area contributed by atoms with Gasteiger partial charge < -0.3 is 4.74 Å². The SMILES string of the molecule is Cc1nsc(-c2ccc(C3=CC[C@H](C)CC3)cc2)c1NC(=O)OCc1ccccc1. The lowest BCUT2D eigenvalue weighted by Crippen LogP contribution is -2.14. The summed E-state index contributed by atoms with van der Waals surface area (Å²) in [5, 5.41) is 2.89. The molecule has 1 heterocycles. The summed E-state index contributed by atoms with van der Waals surface area (Å²) >= 11 is 1.39. The Morgan fingerprint density at radius 1 is 1.13 bits per heavy atom. The molecule has 154 valence electrons. The Balaban J connectivity index is 1.46. The minimum atomic E-state index is -0.471. The van der Waals surface area contributed by atoms with Crippen molar-refractivity contribution in [3.8, 4) is 10.4 Å². The number of carbonyl (C=O) groups excluding carboxylic acids is 1. The fraction of sp³-hybridized carbons (Fsp3) is 0.280. The van der Waals surface area contributed by atoms with E-state index in [4.69, 9.17) is 4.74 Å². The van der Waals surface area contributed by atoms with Gasteiger partial charge in [-0.1, -0.05) is 67.6 Å². The van der Waals surface area contributed by atoms with Gasteiger partial charge in [0.2, 0.25) is 0 Å². The molecular formula is C25H26N2O2S. The number of nitrogens with one attached hydrogen (secondary N) is 1. The zero-order chi connectivity index (χ0) is 20.9. The number of rotatable bonds is 5. The van der Waals surface area contributed by atoms with Crippen molar-refractivity contribution in [2.75, 3.05) is 5.32 Å². The number of allylic oxidation sites excluding steroid dienone is 2. The van der Waals surface area contributed by atoms with Crippen molar-refractivity contribution >= 4 is 28.9 Å². The highest BCUT2D eigenvalue weighted by Gasteiger charge is 2.17. The molecule has 5 heteroatoms. The van der Waals surface area contributed by atoms with E-state index >= 15 is 0 Å². The molecule has 1 N–H and O–H groups in total. The monoisotopic (exact) mass is 418 g/mol. The standard InChI is InChI=1S/C25H26N2O2S/c1-17-8-10-20(11-9-17)21-12-14-22(15-13-21)24-23(18(2)27-30-24)26-25(28)29-16-19-6-4-3-5-7-19/h3-7,10,12-15,17H,8-9,11,16H2,1-2H3,(H,26,28)/t17-/m0/s1. The first kappa shape index (κ1) is 20.4. The fourth-order valence-corrected chi connectivity index (χ4v) is 4.49. The summed E-state index contributed by atoms with van der Waals surface area (Å²) in [6.45, 7) is 4.44. The van der Waals surface area contributed by atoms with E-state index in [0.717, 1.165) is 46.1 Å². The largest absolute Gasteiger partial charge is 0.444 e. The predicted molar refractivity (Wildman–Crippen MR) is 124 cm³/mol. The second kappa shape index (κ2) is 9.26. The van der Waals surface area contributed by atoms with E-state index in [0.29, 0.717) is 0 Å². The molecule has 1 aliphatic carbocycles. The van der Waals surface area contributed by atoms with E-state index in [9.17, 15) is 4.79 Å². The number of hydrogen-bond acceptors (Lipinski definition) is 4. The molecule has 1 amide bonds. The Hall–Kier alpha value is -2.92. The highest BCUT2D eigenvalue weighted by Crippen LogP contribution is 2.36. The first-order valence-corrected chi connectivity index (χ1v) is 11.1. The number of nitrogens with zero attached hydrogens (tertiary/aromatic N) is 1. The summed E-state index contributed by atoms with van der Waals surface area (Å²) in [4.78, 5) is 13.3. The lowest BCUT2D eigenvalue weighted by atomic mass is 9.87. The van der Waals surface area contributed by atoms with E-state index < -0.39 is 6.09 Å². The number of carbonyl (C=O) groups is 1. The van der Waals surface area contributed by atoms with Gasteiger partial charge in [0.1, 0.15) is 6.61 Å². The van der Waals surface area contributed by atoms with Gasteiger partial charge in [-0.3, -0.25) is 5.32 Å². The topological polar surface area (TPSA) is 51.2 Å². The quantitative estimate of drug-likeness (QED) is 0.482. The van der Waals surface area contributed by atoms with Gasteiger partial charge in [-0.15, -0.1) is 0 Å². The Kier molecular flexibility index (Phi) is 6.29. The van der Waals surface area contributed by atoms with E-state index in [-0.39, 0.29) is 6.61 Å².